The van der Waals surface area contributed by atoms with Gasteiger partial charge in [0.1, 0.15) is 0 Å². The van der Waals surface area contributed by atoms with Crippen LogP contribution in [0.25, 0.3) is 0 Å². The maximum absolute atomic E-state index is 13.5. The Morgan fingerprint density at radius 1 is 1.29 bits per heavy atom. The lowest BCUT2D eigenvalue weighted by atomic mass is 10.1. The highest BCUT2D eigenvalue weighted by Gasteiger charge is 2.19. The third-order valence-corrected chi connectivity index (χ3v) is 2.54. The van der Waals surface area contributed by atoms with Crippen molar-refractivity contribution in [2.75, 3.05) is 13.2 Å². The topological polar surface area (TPSA) is 55.8 Å². The van der Waals surface area contributed by atoms with Crippen molar-refractivity contribution in [3.63, 3.8) is 0 Å². The second-order valence-corrected chi connectivity index (χ2v) is 3.81. The quantitative estimate of drug-likeness (QED) is 0.878. The van der Waals surface area contributed by atoms with E-state index >= 15 is 0 Å². The lowest BCUT2D eigenvalue weighted by Gasteiger charge is -2.12. The number of carboxylic acid groups (broad SMARTS) is 1. The van der Waals surface area contributed by atoms with Gasteiger partial charge in [-0.2, -0.15) is 0 Å². The first kappa shape index (κ1) is 11.7. The van der Waals surface area contributed by atoms with Gasteiger partial charge in [0, 0.05) is 12.8 Å². The van der Waals surface area contributed by atoms with E-state index in [2.05, 4.69) is 0 Å². The number of benzene rings is 1. The molecule has 1 heterocycles. The molecular weight excluding hydrogens is 227 g/mol. The zero-order valence-electron chi connectivity index (χ0n) is 9.24. The van der Waals surface area contributed by atoms with E-state index in [9.17, 15) is 9.18 Å². The number of hydrogen-bond donors (Lipinski definition) is 1. The number of aliphatic carboxylic acids is 1. The van der Waals surface area contributed by atoms with Gasteiger partial charge in [-0.25, -0.2) is 4.39 Å². The van der Waals surface area contributed by atoms with Crippen molar-refractivity contribution in [2.45, 2.75) is 19.3 Å². The maximum Gasteiger partial charge on any atom is 0.303 e. The van der Waals surface area contributed by atoms with Crippen molar-refractivity contribution < 1.29 is 23.8 Å². The molecule has 1 aliphatic heterocycles. The number of ether oxygens (including phenoxy) is 2. The van der Waals surface area contributed by atoms with E-state index < -0.39 is 11.8 Å². The lowest BCUT2D eigenvalue weighted by Crippen LogP contribution is -2.02. The molecule has 0 aliphatic carbocycles. The third kappa shape index (κ3) is 2.67. The first-order valence-electron chi connectivity index (χ1n) is 5.47. The van der Waals surface area contributed by atoms with Crippen LogP contribution in [0, 0.1) is 5.82 Å². The van der Waals surface area contributed by atoms with Gasteiger partial charge in [0.05, 0.1) is 13.2 Å². The molecule has 1 aromatic carbocycles. The second kappa shape index (κ2) is 5.03. The van der Waals surface area contributed by atoms with Gasteiger partial charge in [0.25, 0.3) is 0 Å². The summed E-state index contributed by atoms with van der Waals surface area (Å²) < 4.78 is 24.2. The number of aryl methyl sites for hydroxylation is 1. The summed E-state index contributed by atoms with van der Waals surface area (Å²) in [6.45, 7) is 0.864. The molecule has 0 spiro atoms. The molecule has 5 heteroatoms. The number of carboxylic acids is 1. The summed E-state index contributed by atoms with van der Waals surface area (Å²) >= 11 is 0. The highest BCUT2D eigenvalue weighted by atomic mass is 19.1. The van der Waals surface area contributed by atoms with E-state index in [1.54, 1.807) is 6.07 Å². The molecular formula is C12H13FO4. The first-order valence-corrected chi connectivity index (χ1v) is 5.47. The summed E-state index contributed by atoms with van der Waals surface area (Å²) in [7, 11) is 0. The molecule has 1 N–H and O–H groups in total. The first-order chi connectivity index (χ1) is 8.18. The van der Waals surface area contributed by atoms with Crippen molar-refractivity contribution in [1.82, 2.24) is 0 Å². The maximum atomic E-state index is 13.5. The van der Waals surface area contributed by atoms with E-state index in [4.69, 9.17) is 14.6 Å². The molecule has 1 aromatic rings. The van der Waals surface area contributed by atoms with Crippen LogP contribution >= 0.6 is 0 Å². The third-order valence-electron chi connectivity index (χ3n) is 2.54. The number of hydrogen-bond acceptors (Lipinski definition) is 3. The molecule has 17 heavy (non-hydrogen) atoms. The molecule has 0 bridgehead atoms. The van der Waals surface area contributed by atoms with Gasteiger partial charge in [-0.1, -0.05) is 6.07 Å². The predicted molar refractivity (Wildman–Crippen MR) is 58.0 cm³/mol. The fourth-order valence-electron chi connectivity index (χ4n) is 1.72. The Balaban J connectivity index is 2.29. The zero-order chi connectivity index (χ0) is 12.3. The van der Waals surface area contributed by atoms with Crippen LogP contribution in [0.1, 0.15) is 18.4 Å². The second-order valence-electron chi connectivity index (χ2n) is 3.81. The summed E-state index contributed by atoms with van der Waals surface area (Å²) in [5, 5.41) is 8.64. The van der Waals surface area contributed by atoms with Crippen LogP contribution < -0.4 is 9.47 Å². The summed E-state index contributed by atoms with van der Waals surface area (Å²) in [6.07, 6.45) is 0.981. The summed E-state index contributed by atoms with van der Waals surface area (Å²) in [5.41, 5.74) is 0.672. The Labute approximate surface area is 98.0 Å². The molecule has 4 nitrogen and oxygen atoms in total. The van der Waals surface area contributed by atoms with Crippen molar-refractivity contribution in [2.24, 2.45) is 0 Å². The van der Waals surface area contributed by atoms with E-state index in [-0.39, 0.29) is 12.2 Å². The van der Waals surface area contributed by atoms with Crippen LogP contribution in [-0.4, -0.2) is 24.3 Å². The smallest absolute Gasteiger partial charge is 0.303 e. The van der Waals surface area contributed by atoms with Gasteiger partial charge in [-0.3, -0.25) is 4.79 Å². The van der Waals surface area contributed by atoms with Gasteiger partial charge < -0.3 is 14.6 Å². The fourth-order valence-corrected chi connectivity index (χ4v) is 1.72. The summed E-state index contributed by atoms with van der Waals surface area (Å²) in [5.74, 6) is -0.910. The standard InChI is InChI=1S/C12H13FO4/c13-9-4-2-8(3-5-10(14)15)11-12(9)17-7-1-6-16-11/h2,4H,1,3,5-7H2,(H,14,15). The SMILES string of the molecule is O=C(O)CCc1ccc(F)c2c1OCCCO2. The average molecular weight is 240 g/mol. The minimum atomic E-state index is -0.891. The highest BCUT2D eigenvalue weighted by molar-refractivity contribution is 5.67. The molecule has 0 saturated carbocycles. The molecule has 0 fully saturated rings. The van der Waals surface area contributed by atoms with E-state index in [1.165, 1.54) is 6.07 Å². The molecule has 0 unspecified atom stereocenters. The summed E-state index contributed by atoms with van der Waals surface area (Å²) in [6, 6.07) is 2.83. The Hall–Kier alpha value is -1.78. The molecule has 2 rings (SSSR count). The Bertz CT molecular complexity index is 431. The van der Waals surface area contributed by atoms with E-state index in [0.717, 1.165) is 0 Å². The Kier molecular flexibility index (Phi) is 3.46. The van der Waals surface area contributed by atoms with Crippen molar-refractivity contribution in [3.05, 3.63) is 23.5 Å². The van der Waals surface area contributed by atoms with Crippen molar-refractivity contribution in [3.8, 4) is 11.5 Å². The van der Waals surface area contributed by atoms with Crippen LogP contribution in [0.15, 0.2) is 12.1 Å². The number of rotatable bonds is 3. The molecule has 0 saturated heterocycles. The minimum absolute atomic E-state index is 0.0125. The summed E-state index contributed by atoms with van der Waals surface area (Å²) in [4.78, 5) is 10.5. The molecule has 0 amide bonds. The molecule has 0 aromatic heterocycles. The van der Waals surface area contributed by atoms with Gasteiger partial charge >= 0.3 is 5.97 Å². The minimum Gasteiger partial charge on any atom is -0.489 e. The molecule has 0 atom stereocenters. The lowest BCUT2D eigenvalue weighted by molar-refractivity contribution is -0.136. The Morgan fingerprint density at radius 3 is 2.71 bits per heavy atom. The van der Waals surface area contributed by atoms with Gasteiger partial charge in [0.15, 0.2) is 17.3 Å². The number of carbonyl (C=O) groups is 1. The largest absolute Gasteiger partial charge is 0.489 e. The molecule has 0 radical (unpaired) electrons. The number of halogens is 1. The predicted octanol–water partition coefficient (Wildman–Crippen LogP) is 2.00. The highest BCUT2D eigenvalue weighted by Crippen LogP contribution is 2.36. The average Bonchev–Trinajstić information content (AvgIpc) is 2.54. The normalized spacial score (nSPS) is 14.2. The van der Waals surface area contributed by atoms with Gasteiger partial charge in [-0.05, 0) is 18.1 Å². The van der Waals surface area contributed by atoms with Crippen LogP contribution in [0.2, 0.25) is 0 Å². The Morgan fingerprint density at radius 2 is 2.00 bits per heavy atom. The van der Waals surface area contributed by atoms with Crippen LogP contribution in [0.3, 0.4) is 0 Å². The van der Waals surface area contributed by atoms with Crippen LogP contribution in [0.5, 0.6) is 11.5 Å². The van der Waals surface area contributed by atoms with Crippen LogP contribution in [0.4, 0.5) is 4.39 Å². The fraction of sp³-hybridized carbons (Fsp3) is 0.417. The van der Waals surface area contributed by atoms with Crippen LogP contribution in [-0.2, 0) is 11.2 Å². The van der Waals surface area contributed by atoms with E-state index in [0.29, 0.717) is 37.4 Å². The van der Waals surface area contributed by atoms with Gasteiger partial charge in [0.2, 0.25) is 0 Å². The van der Waals surface area contributed by atoms with Gasteiger partial charge in [-0.15, -0.1) is 0 Å². The zero-order valence-corrected chi connectivity index (χ0v) is 9.24. The van der Waals surface area contributed by atoms with Crippen molar-refractivity contribution >= 4 is 5.97 Å². The van der Waals surface area contributed by atoms with E-state index in [1.807, 2.05) is 0 Å². The molecule has 92 valence electrons. The molecule has 1 aliphatic rings. The van der Waals surface area contributed by atoms with Crippen molar-refractivity contribution in [1.29, 1.82) is 0 Å². The number of fused-ring (bicyclic) bond motifs is 1. The monoisotopic (exact) mass is 240 g/mol.